The van der Waals surface area contributed by atoms with Crippen molar-refractivity contribution in [2.24, 2.45) is 0 Å². The van der Waals surface area contributed by atoms with Gasteiger partial charge in [-0.1, -0.05) is 36.4 Å². The standard InChI is InChI=1S/C22H21N3O2.C2HF3O2/c26-22-19-14-21(25-20(19)9-11-24-22)17-8-10-23-18(13-17)7-4-12-27-15-16-5-2-1-3-6-16;3-2(4,5)1(6)7/h1-8,10,13-14,25H,9,11-12,15H2,(H,24,26);(H,6,7)/b7-4+;. The van der Waals surface area contributed by atoms with Crippen LogP contribution >= 0.6 is 0 Å². The lowest BCUT2D eigenvalue weighted by Gasteiger charge is -2.10. The smallest absolute Gasteiger partial charge is 0.475 e. The Labute approximate surface area is 193 Å². The van der Waals surface area contributed by atoms with Crippen LogP contribution in [0.15, 0.2) is 60.8 Å². The average molecular weight is 473 g/mol. The van der Waals surface area contributed by atoms with Crippen molar-refractivity contribution in [3.8, 4) is 11.3 Å². The molecule has 4 rings (SSSR count). The maximum Gasteiger partial charge on any atom is 0.490 e. The molecule has 3 heterocycles. The fourth-order valence-electron chi connectivity index (χ4n) is 3.14. The minimum atomic E-state index is -5.08. The number of aromatic amines is 1. The molecule has 7 nitrogen and oxygen atoms in total. The fourth-order valence-corrected chi connectivity index (χ4v) is 3.14. The lowest BCUT2D eigenvalue weighted by atomic mass is 10.1. The lowest BCUT2D eigenvalue weighted by molar-refractivity contribution is -0.192. The molecule has 1 aromatic carbocycles. The van der Waals surface area contributed by atoms with E-state index in [9.17, 15) is 18.0 Å². The third kappa shape index (κ3) is 7.04. The normalized spacial score (nSPS) is 13.1. The summed E-state index contributed by atoms with van der Waals surface area (Å²) in [5.74, 6) is -2.77. The summed E-state index contributed by atoms with van der Waals surface area (Å²) in [5, 5.41) is 9.99. The summed E-state index contributed by atoms with van der Waals surface area (Å²) < 4.78 is 37.4. The Morgan fingerprint density at radius 1 is 1.18 bits per heavy atom. The van der Waals surface area contributed by atoms with E-state index in [4.69, 9.17) is 14.6 Å². The number of aliphatic carboxylic acids is 1. The molecule has 1 amide bonds. The van der Waals surface area contributed by atoms with Gasteiger partial charge in [0.15, 0.2) is 0 Å². The van der Waals surface area contributed by atoms with Crippen LogP contribution in [-0.4, -0.2) is 46.3 Å². The zero-order chi connectivity index (χ0) is 24.6. The highest BCUT2D eigenvalue weighted by Gasteiger charge is 2.38. The first-order valence-electron chi connectivity index (χ1n) is 10.3. The maximum absolute atomic E-state index is 11.9. The summed E-state index contributed by atoms with van der Waals surface area (Å²) in [5.41, 5.74) is 5.70. The van der Waals surface area contributed by atoms with Gasteiger partial charge < -0.3 is 20.1 Å². The van der Waals surface area contributed by atoms with Gasteiger partial charge >= 0.3 is 12.1 Å². The number of hydrogen-bond donors (Lipinski definition) is 3. The van der Waals surface area contributed by atoms with Gasteiger partial charge in [-0.25, -0.2) is 4.79 Å². The van der Waals surface area contributed by atoms with Crippen molar-refractivity contribution in [1.82, 2.24) is 15.3 Å². The number of nitrogens with zero attached hydrogens (tertiary/aromatic N) is 1. The highest BCUT2D eigenvalue weighted by molar-refractivity contribution is 5.97. The summed E-state index contributed by atoms with van der Waals surface area (Å²) in [6.07, 6.45) is 1.43. The first-order chi connectivity index (χ1) is 16.2. The number of H-pyrrole nitrogens is 1. The number of fused-ring (bicyclic) bond motifs is 1. The molecular weight excluding hydrogens is 451 g/mol. The average Bonchev–Trinajstić information content (AvgIpc) is 3.26. The Bertz CT molecular complexity index is 1160. The van der Waals surface area contributed by atoms with Crippen LogP contribution in [0.2, 0.25) is 0 Å². The van der Waals surface area contributed by atoms with E-state index >= 15 is 0 Å². The number of nitrogens with one attached hydrogen (secondary N) is 2. The predicted octanol–water partition coefficient (Wildman–Crippen LogP) is 4.23. The van der Waals surface area contributed by atoms with E-state index in [1.54, 1.807) is 6.20 Å². The SMILES string of the molecule is O=C(O)C(F)(F)F.O=C1NCCc2[nH]c(-c3ccnc(/C=C/COCc4ccccc4)c3)cc21. The number of benzene rings is 1. The molecule has 0 bridgehead atoms. The molecule has 0 spiro atoms. The van der Waals surface area contributed by atoms with Gasteiger partial charge in [-0.3, -0.25) is 9.78 Å². The van der Waals surface area contributed by atoms with Crippen LogP contribution in [0.4, 0.5) is 13.2 Å². The number of carboxylic acids is 1. The molecule has 178 valence electrons. The van der Waals surface area contributed by atoms with Crippen molar-refractivity contribution in [3.63, 3.8) is 0 Å². The second kappa shape index (κ2) is 11.3. The molecule has 0 saturated carbocycles. The topological polar surface area (TPSA) is 104 Å². The molecule has 3 N–H and O–H groups in total. The van der Waals surface area contributed by atoms with Crippen LogP contribution in [-0.2, 0) is 22.6 Å². The quantitative estimate of drug-likeness (QED) is 0.465. The van der Waals surface area contributed by atoms with E-state index in [0.717, 1.165) is 40.2 Å². The van der Waals surface area contributed by atoms with Crippen LogP contribution in [0, 0.1) is 0 Å². The molecule has 0 atom stereocenters. The Morgan fingerprint density at radius 2 is 1.91 bits per heavy atom. The molecule has 0 saturated heterocycles. The number of hydrogen-bond acceptors (Lipinski definition) is 4. The van der Waals surface area contributed by atoms with Crippen LogP contribution < -0.4 is 5.32 Å². The summed E-state index contributed by atoms with van der Waals surface area (Å²) in [7, 11) is 0. The minimum Gasteiger partial charge on any atom is -0.475 e. The van der Waals surface area contributed by atoms with Crippen molar-refractivity contribution in [2.75, 3.05) is 13.2 Å². The van der Waals surface area contributed by atoms with E-state index in [-0.39, 0.29) is 5.91 Å². The fraction of sp³-hybridized carbons (Fsp3) is 0.208. The van der Waals surface area contributed by atoms with Gasteiger partial charge in [0.25, 0.3) is 5.91 Å². The molecule has 34 heavy (non-hydrogen) atoms. The van der Waals surface area contributed by atoms with Crippen LogP contribution in [0.5, 0.6) is 0 Å². The van der Waals surface area contributed by atoms with E-state index < -0.39 is 12.1 Å². The zero-order valence-corrected chi connectivity index (χ0v) is 17.9. The molecule has 10 heteroatoms. The van der Waals surface area contributed by atoms with E-state index in [0.29, 0.717) is 19.8 Å². The van der Waals surface area contributed by atoms with Gasteiger partial charge in [-0.05, 0) is 29.8 Å². The number of alkyl halides is 3. The number of carbonyl (C=O) groups excluding carboxylic acids is 1. The molecule has 1 aliphatic rings. The van der Waals surface area contributed by atoms with Gasteiger partial charge in [0, 0.05) is 36.1 Å². The third-order valence-electron chi connectivity index (χ3n) is 4.75. The number of amides is 1. The first-order valence-corrected chi connectivity index (χ1v) is 10.3. The second-order valence-corrected chi connectivity index (χ2v) is 7.26. The van der Waals surface area contributed by atoms with Crippen molar-refractivity contribution >= 4 is 18.0 Å². The van der Waals surface area contributed by atoms with Gasteiger partial charge in [-0.15, -0.1) is 0 Å². The Hall–Kier alpha value is -3.92. The number of carboxylic acid groups (broad SMARTS) is 1. The molecule has 0 radical (unpaired) electrons. The number of carbonyl (C=O) groups is 2. The maximum atomic E-state index is 11.9. The summed E-state index contributed by atoms with van der Waals surface area (Å²) in [4.78, 5) is 28.6. The zero-order valence-electron chi connectivity index (χ0n) is 17.9. The highest BCUT2D eigenvalue weighted by Crippen LogP contribution is 2.24. The third-order valence-corrected chi connectivity index (χ3v) is 4.75. The molecule has 3 aromatic rings. The monoisotopic (exact) mass is 473 g/mol. The van der Waals surface area contributed by atoms with Crippen molar-refractivity contribution in [1.29, 1.82) is 0 Å². The van der Waals surface area contributed by atoms with Gasteiger partial charge in [0.1, 0.15) is 0 Å². The summed E-state index contributed by atoms with van der Waals surface area (Å²) in [6.45, 7) is 1.80. The van der Waals surface area contributed by atoms with E-state index in [2.05, 4.69) is 15.3 Å². The Balaban J connectivity index is 0.000000406. The number of pyridine rings is 1. The number of aromatic nitrogens is 2. The highest BCUT2D eigenvalue weighted by atomic mass is 19.4. The first kappa shape index (κ1) is 24.7. The molecule has 1 aliphatic heterocycles. The molecule has 0 unspecified atom stereocenters. The van der Waals surface area contributed by atoms with Crippen molar-refractivity contribution in [2.45, 2.75) is 19.2 Å². The number of rotatable bonds is 6. The minimum absolute atomic E-state index is 0.0107. The Kier molecular flexibility index (Phi) is 8.20. The van der Waals surface area contributed by atoms with E-state index in [1.165, 1.54) is 0 Å². The van der Waals surface area contributed by atoms with Crippen molar-refractivity contribution in [3.05, 3.63) is 83.3 Å². The lowest BCUT2D eigenvalue weighted by Crippen LogP contribution is -2.31. The molecule has 0 aliphatic carbocycles. The van der Waals surface area contributed by atoms with Gasteiger partial charge in [0.05, 0.1) is 24.5 Å². The molecular formula is C24H22F3N3O4. The summed E-state index contributed by atoms with van der Waals surface area (Å²) in [6, 6.07) is 16.0. The number of halogens is 3. The molecule has 0 fully saturated rings. The van der Waals surface area contributed by atoms with Crippen LogP contribution in [0.1, 0.15) is 27.3 Å². The number of ether oxygens (including phenoxy) is 1. The Morgan fingerprint density at radius 3 is 2.59 bits per heavy atom. The summed E-state index contributed by atoms with van der Waals surface area (Å²) >= 11 is 0. The van der Waals surface area contributed by atoms with Crippen LogP contribution in [0.3, 0.4) is 0 Å². The van der Waals surface area contributed by atoms with Crippen LogP contribution in [0.25, 0.3) is 17.3 Å². The van der Waals surface area contributed by atoms with Gasteiger partial charge in [-0.2, -0.15) is 13.2 Å². The largest absolute Gasteiger partial charge is 0.490 e. The second-order valence-electron chi connectivity index (χ2n) is 7.26. The van der Waals surface area contributed by atoms with Crippen molar-refractivity contribution < 1.29 is 32.6 Å². The predicted molar refractivity (Wildman–Crippen MR) is 119 cm³/mol. The van der Waals surface area contributed by atoms with Gasteiger partial charge in [0.2, 0.25) is 0 Å². The van der Waals surface area contributed by atoms with E-state index in [1.807, 2.05) is 60.7 Å². The molecule has 2 aromatic heterocycles.